The molecule has 0 spiro atoms. The predicted octanol–water partition coefficient (Wildman–Crippen LogP) is 5.17. The fourth-order valence-corrected chi connectivity index (χ4v) is 4.01. The van der Waals surface area contributed by atoms with Gasteiger partial charge in [-0.3, -0.25) is 9.59 Å². The van der Waals surface area contributed by atoms with Crippen molar-refractivity contribution in [3.8, 4) is 11.5 Å². The number of hydrogen-bond acceptors (Lipinski definition) is 7. The number of aliphatic hydroxyl groups excluding tert-OH is 1. The number of alkyl halides is 1. The van der Waals surface area contributed by atoms with E-state index in [4.69, 9.17) is 53.8 Å². The largest absolute Gasteiger partial charge is 0.490 e. The molecule has 7 nitrogen and oxygen atoms in total. The molecule has 2 atom stereocenters. The minimum absolute atomic E-state index is 0.0152. The quantitative estimate of drug-likeness (QED) is 0.289. The lowest BCUT2D eigenvalue weighted by Gasteiger charge is -2.27. The molecule has 0 radical (unpaired) electrons. The van der Waals surface area contributed by atoms with Crippen LogP contribution in [0.25, 0.3) is 0 Å². The molecule has 2 rings (SSSR count). The Balaban J connectivity index is 2.14. The van der Waals surface area contributed by atoms with E-state index in [1.807, 2.05) is 26.0 Å². The Bertz CT molecular complexity index is 986. The summed E-state index contributed by atoms with van der Waals surface area (Å²) in [5.41, 5.74) is 1.37. The van der Waals surface area contributed by atoms with E-state index in [1.54, 1.807) is 24.3 Å². The number of ether oxygens (including phenoxy) is 4. The van der Waals surface area contributed by atoms with E-state index >= 15 is 0 Å². The molecule has 0 aliphatic carbocycles. The van der Waals surface area contributed by atoms with E-state index in [0.29, 0.717) is 15.8 Å². The van der Waals surface area contributed by atoms with Crippen molar-refractivity contribution in [3.05, 3.63) is 57.6 Å². The summed E-state index contributed by atoms with van der Waals surface area (Å²) in [6, 6.07) is 11.0. The average molecular weight is 548 g/mol. The van der Waals surface area contributed by atoms with Gasteiger partial charge in [-0.25, -0.2) is 0 Å². The van der Waals surface area contributed by atoms with Crippen molar-refractivity contribution in [2.75, 3.05) is 25.7 Å². The standard InChI is InChI=1S/C25H29Cl3O7/c1-15(30)34-20(11-26)13-33-24-22(27)9-18(10-23(24)28)25(3,4)17-5-7-19(8-6-17)32-14-21(12-29)35-16(2)31/h5-10,20-21,29H,11-14H2,1-4H3/t20?,21-/m0/s1. The maximum Gasteiger partial charge on any atom is 0.303 e. The molecule has 0 aromatic heterocycles. The molecule has 0 aliphatic heterocycles. The molecule has 0 amide bonds. The summed E-state index contributed by atoms with van der Waals surface area (Å²) in [6.45, 7) is 6.34. The molecule has 35 heavy (non-hydrogen) atoms. The van der Waals surface area contributed by atoms with Crippen molar-refractivity contribution in [3.63, 3.8) is 0 Å². The zero-order valence-corrected chi connectivity index (χ0v) is 22.2. The molecule has 0 saturated carbocycles. The van der Waals surface area contributed by atoms with Crippen LogP contribution in [0.15, 0.2) is 36.4 Å². The van der Waals surface area contributed by atoms with Gasteiger partial charge in [0.1, 0.15) is 25.1 Å². The number of rotatable bonds is 12. The van der Waals surface area contributed by atoms with Crippen molar-refractivity contribution in [1.29, 1.82) is 0 Å². The molecule has 1 N–H and O–H groups in total. The first kappa shape index (κ1) is 29.0. The number of esters is 2. The highest BCUT2D eigenvalue weighted by Gasteiger charge is 2.26. The van der Waals surface area contributed by atoms with Gasteiger partial charge in [0.25, 0.3) is 0 Å². The first-order valence-corrected chi connectivity index (χ1v) is 12.1. The van der Waals surface area contributed by atoms with E-state index in [9.17, 15) is 14.7 Å². The van der Waals surface area contributed by atoms with Crippen LogP contribution in [0.2, 0.25) is 10.0 Å². The average Bonchev–Trinajstić information content (AvgIpc) is 2.80. The summed E-state index contributed by atoms with van der Waals surface area (Å²) in [5.74, 6) is -0.0182. The van der Waals surface area contributed by atoms with Crippen molar-refractivity contribution in [1.82, 2.24) is 0 Å². The van der Waals surface area contributed by atoms with Crippen molar-refractivity contribution < 1.29 is 33.6 Å². The molecule has 2 aromatic carbocycles. The van der Waals surface area contributed by atoms with Gasteiger partial charge in [-0.1, -0.05) is 49.2 Å². The number of benzene rings is 2. The summed E-state index contributed by atoms with van der Waals surface area (Å²) in [4.78, 5) is 22.2. The van der Waals surface area contributed by atoms with Crippen LogP contribution in [-0.2, 0) is 24.5 Å². The number of carbonyl (C=O) groups excluding carboxylic acids is 2. The second kappa shape index (κ2) is 13.2. The zero-order valence-electron chi connectivity index (χ0n) is 20.0. The van der Waals surface area contributed by atoms with Crippen LogP contribution in [0.5, 0.6) is 11.5 Å². The van der Waals surface area contributed by atoms with Gasteiger partial charge in [-0.15, -0.1) is 11.6 Å². The van der Waals surface area contributed by atoms with Crippen LogP contribution in [0.1, 0.15) is 38.8 Å². The Labute approximate surface area is 220 Å². The van der Waals surface area contributed by atoms with Crippen LogP contribution in [0.3, 0.4) is 0 Å². The highest BCUT2D eigenvalue weighted by Crippen LogP contribution is 2.40. The first-order chi connectivity index (χ1) is 16.5. The van der Waals surface area contributed by atoms with E-state index in [2.05, 4.69) is 0 Å². The second-order valence-electron chi connectivity index (χ2n) is 8.34. The molecule has 192 valence electrons. The maximum atomic E-state index is 11.2. The number of hydrogen-bond donors (Lipinski definition) is 1. The Hall–Kier alpha value is -2.19. The van der Waals surface area contributed by atoms with Gasteiger partial charge >= 0.3 is 11.9 Å². The van der Waals surface area contributed by atoms with Crippen LogP contribution in [0, 0.1) is 0 Å². The summed E-state index contributed by atoms with van der Waals surface area (Å²) >= 11 is 18.8. The van der Waals surface area contributed by atoms with Crippen molar-refractivity contribution in [2.24, 2.45) is 0 Å². The van der Waals surface area contributed by atoms with E-state index in [0.717, 1.165) is 11.1 Å². The minimum Gasteiger partial charge on any atom is -0.490 e. The third kappa shape index (κ3) is 8.46. The maximum absolute atomic E-state index is 11.2. The van der Waals surface area contributed by atoms with Gasteiger partial charge < -0.3 is 24.1 Å². The Morgan fingerprint density at radius 3 is 1.89 bits per heavy atom. The molecule has 1 unspecified atom stereocenters. The summed E-state index contributed by atoms with van der Waals surface area (Å²) in [6.07, 6.45) is -1.36. The molecule has 0 fully saturated rings. The van der Waals surface area contributed by atoms with Gasteiger partial charge in [0.2, 0.25) is 0 Å². The lowest BCUT2D eigenvalue weighted by atomic mass is 9.78. The summed E-state index contributed by atoms with van der Waals surface area (Å²) in [7, 11) is 0. The van der Waals surface area contributed by atoms with Crippen LogP contribution < -0.4 is 9.47 Å². The fraction of sp³-hybridized carbons (Fsp3) is 0.440. The molecule has 10 heteroatoms. The summed E-state index contributed by atoms with van der Waals surface area (Å²) in [5, 5.41) is 9.92. The minimum atomic E-state index is -0.734. The molecular weight excluding hydrogens is 519 g/mol. The van der Waals surface area contributed by atoms with Gasteiger partial charge in [0.15, 0.2) is 11.9 Å². The highest BCUT2D eigenvalue weighted by molar-refractivity contribution is 6.37. The summed E-state index contributed by atoms with van der Waals surface area (Å²) < 4.78 is 21.4. The van der Waals surface area contributed by atoms with Crippen LogP contribution in [-0.4, -0.2) is 55.0 Å². The molecule has 2 aromatic rings. The topological polar surface area (TPSA) is 91.3 Å². The van der Waals surface area contributed by atoms with E-state index in [-0.39, 0.29) is 31.5 Å². The molecule has 0 aliphatic rings. The van der Waals surface area contributed by atoms with Crippen LogP contribution in [0.4, 0.5) is 0 Å². The second-order valence-corrected chi connectivity index (χ2v) is 9.46. The molecule has 0 heterocycles. The third-order valence-corrected chi connectivity index (χ3v) is 6.09. The van der Waals surface area contributed by atoms with Gasteiger partial charge in [-0.2, -0.15) is 0 Å². The molecule has 0 saturated heterocycles. The van der Waals surface area contributed by atoms with Crippen molar-refractivity contribution >= 4 is 46.7 Å². The Morgan fingerprint density at radius 2 is 1.40 bits per heavy atom. The molecular formula is C25H29Cl3O7. The first-order valence-electron chi connectivity index (χ1n) is 10.8. The van der Waals surface area contributed by atoms with Crippen LogP contribution >= 0.6 is 34.8 Å². The lowest BCUT2D eigenvalue weighted by molar-refractivity contribution is -0.150. The normalized spacial score (nSPS) is 13.0. The van der Waals surface area contributed by atoms with Gasteiger partial charge in [0, 0.05) is 19.3 Å². The SMILES string of the molecule is CC(=O)OC(CCl)COc1c(Cl)cc(C(C)(C)c2ccc(OC[C@H](CO)OC(C)=O)cc2)cc1Cl. The Kier molecular flexibility index (Phi) is 11.0. The van der Waals surface area contributed by atoms with Crippen molar-refractivity contribution in [2.45, 2.75) is 45.3 Å². The van der Waals surface area contributed by atoms with E-state index < -0.39 is 29.6 Å². The van der Waals surface area contributed by atoms with E-state index in [1.165, 1.54) is 13.8 Å². The zero-order chi connectivity index (χ0) is 26.2. The lowest BCUT2D eigenvalue weighted by Crippen LogP contribution is -2.27. The number of aliphatic hydroxyl groups is 1. The number of halogens is 3. The monoisotopic (exact) mass is 546 g/mol. The molecule has 0 bridgehead atoms. The Morgan fingerprint density at radius 1 is 0.886 bits per heavy atom. The fourth-order valence-electron chi connectivity index (χ4n) is 3.26. The predicted molar refractivity (Wildman–Crippen MR) is 135 cm³/mol. The smallest absolute Gasteiger partial charge is 0.303 e. The number of carbonyl (C=O) groups is 2. The highest BCUT2D eigenvalue weighted by atomic mass is 35.5. The van der Waals surface area contributed by atoms with Gasteiger partial charge in [0.05, 0.1) is 22.5 Å². The third-order valence-electron chi connectivity index (χ3n) is 5.19. The van der Waals surface area contributed by atoms with Gasteiger partial charge in [-0.05, 0) is 35.4 Å².